The van der Waals surface area contributed by atoms with Gasteiger partial charge in [-0.2, -0.15) is 5.26 Å². The molecular weight excluding hydrogens is 324 g/mol. The van der Waals surface area contributed by atoms with E-state index >= 15 is 0 Å². The highest BCUT2D eigenvalue weighted by atomic mass is 16.2. The summed E-state index contributed by atoms with van der Waals surface area (Å²) in [6.45, 7) is 5.16. The summed E-state index contributed by atoms with van der Waals surface area (Å²) in [6.07, 6.45) is 2.57. The van der Waals surface area contributed by atoms with Gasteiger partial charge in [0, 0.05) is 38.3 Å². The van der Waals surface area contributed by atoms with Gasteiger partial charge in [0.25, 0.3) is 0 Å². The molecule has 0 N–H and O–H groups in total. The third-order valence-electron chi connectivity index (χ3n) is 5.49. The normalized spacial score (nSPS) is 22.0. The van der Waals surface area contributed by atoms with Crippen molar-refractivity contribution in [3.05, 3.63) is 59.3 Å². The lowest BCUT2D eigenvalue weighted by atomic mass is 10.0. The van der Waals surface area contributed by atoms with Gasteiger partial charge < -0.3 is 9.80 Å². The van der Waals surface area contributed by atoms with E-state index in [1.54, 1.807) is 12.3 Å². The van der Waals surface area contributed by atoms with Crippen LogP contribution in [0.5, 0.6) is 0 Å². The van der Waals surface area contributed by atoms with E-state index < -0.39 is 0 Å². The number of hydrogen-bond donors (Lipinski definition) is 0. The van der Waals surface area contributed by atoms with Gasteiger partial charge in [-0.05, 0) is 42.5 Å². The van der Waals surface area contributed by atoms with Gasteiger partial charge in [-0.15, -0.1) is 0 Å². The number of piperazine rings is 1. The highest BCUT2D eigenvalue weighted by molar-refractivity contribution is 5.83. The Morgan fingerprint density at radius 2 is 1.92 bits per heavy atom. The number of hydrogen-bond acceptors (Lipinski definition) is 4. The molecule has 1 saturated heterocycles. The van der Waals surface area contributed by atoms with E-state index in [0.29, 0.717) is 17.4 Å². The summed E-state index contributed by atoms with van der Waals surface area (Å²) in [5, 5.41) is 8.87. The molecule has 132 valence electrons. The first-order chi connectivity index (χ1) is 12.7. The quantitative estimate of drug-likeness (QED) is 0.857. The molecule has 5 nitrogen and oxygen atoms in total. The lowest BCUT2D eigenvalue weighted by Crippen LogP contribution is -2.49. The van der Waals surface area contributed by atoms with Crippen LogP contribution < -0.4 is 4.90 Å². The van der Waals surface area contributed by atoms with Gasteiger partial charge in [0.05, 0.1) is 5.56 Å². The van der Waals surface area contributed by atoms with Crippen molar-refractivity contribution in [1.29, 1.82) is 5.26 Å². The third kappa shape index (κ3) is 3.15. The van der Waals surface area contributed by atoms with Crippen molar-refractivity contribution >= 4 is 11.7 Å². The van der Waals surface area contributed by atoms with E-state index in [1.807, 2.05) is 11.0 Å². The minimum Gasteiger partial charge on any atom is -0.353 e. The van der Waals surface area contributed by atoms with E-state index in [1.165, 1.54) is 11.1 Å². The van der Waals surface area contributed by atoms with Crippen molar-refractivity contribution in [1.82, 2.24) is 9.88 Å². The van der Waals surface area contributed by atoms with Crippen molar-refractivity contribution in [3.63, 3.8) is 0 Å². The first-order valence-electron chi connectivity index (χ1n) is 9.13. The fourth-order valence-electron chi connectivity index (χ4n) is 3.84. The van der Waals surface area contributed by atoms with Crippen molar-refractivity contribution in [2.75, 3.05) is 31.1 Å². The Bertz CT molecular complexity index is 847. The second-order valence-corrected chi connectivity index (χ2v) is 7.13. The van der Waals surface area contributed by atoms with Crippen molar-refractivity contribution < 1.29 is 4.79 Å². The van der Waals surface area contributed by atoms with Crippen LogP contribution in [-0.2, 0) is 4.79 Å². The van der Waals surface area contributed by atoms with Crippen LogP contribution in [0.2, 0.25) is 0 Å². The summed E-state index contributed by atoms with van der Waals surface area (Å²) in [5.74, 6) is 1.71. The van der Waals surface area contributed by atoms with E-state index in [0.717, 1.165) is 38.4 Å². The predicted octanol–water partition coefficient (Wildman–Crippen LogP) is 2.71. The third-order valence-corrected chi connectivity index (χ3v) is 5.49. The van der Waals surface area contributed by atoms with Gasteiger partial charge >= 0.3 is 0 Å². The predicted molar refractivity (Wildman–Crippen MR) is 99.8 cm³/mol. The second-order valence-electron chi connectivity index (χ2n) is 7.13. The number of benzene rings is 1. The standard InChI is InChI=1S/C21H22N4O/c1-15-4-2-3-5-17(15)18-12-19(18)21(26)25-10-8-24(9-11-25)20-7-6-16(13-22)14-23-20/h2-7,14,18-19H,8-12H2,1H3/t18-,19-/m0/s1. The fourth-order valence-corrected chi connectivity index (χ4v) is 3.84. The molecule has 1 saturated carbocycles. The van der Waals surface area contributed by atoms with Gasteiger partial charge in [0.1, 0.15) is 11.9 Å². The molecule has 2 aromatic rings. The summed E-state index contributed by atoms with van der Waals surface area (Å²) in [5.41, 5.74) is 3.18. The van der Waals surface area contributed by atoms with Gasteiger partial charge in [-0.3, -0.25) is 4.79 Å². The Morgan fingerprint density at radius 3 is 2.58 bits per heavy atom. The molecule has 26 heavy (non-hydrogen) atoms. The molecule has 1 aliphatic carbocycles. The van der Waals surface area contributed by atoms with Crippen molar-refractivity contribution in [3.8, 4) is 6.07 Å². The molecule has 1 aromatic carbocycles. The van der Waals surface area contributed by atoms with Crippen LogP contribution >= 0.6 is 0 Å². The van der Waals surface area contributed by atoms with Crippen LogP contribution in [0.4, 0.5) is 5.82 Å². The number of aromatic nitrogens is 1. The second kappa shape index (κ2) is 6.80. The average molecular weight is 346 g/mol. The van der Waals surface area contributed by atoms with Crippen molar-refractivity contribution in [2.45, 2.75) is 19.3 Å². The van der Waals surface area contributed by atoms with Gasteiger partial charge in [-0.25, -0.2) is 4.98 Å². The Labute approximate surface area is 153 Å². The molecule has 1 aliphatic heterocycles. The van der Waals surface area contributed by atoms with Crippen LogP contribution in [0.1, 0.15) is 29.0 Å². The van der Waals surface area contributed by atoms with E-state index in [9.17, 15) is 4.79 Å². The smallest absolute Gasteiger partial charge is 0.226 e. The van der Waals surface area contributed by atoms with Crippen molar-refractivity contribution in [2.24, 2.45) is 5.92 Å². The van der Waals surface area contributed by atoms with Gasteiger partial charge in [0.2, 0.25) is 5.91 Å². The summed E-state index contributed by atoms with van der Waals surface area (Å²) in [4.78, 5) is 21.4. The van der Waals surface area contributed by atoms with Crippen LogP contribution in [0.3, 0.4) is 0 Å². The molecule has 2 atom stereocenters. The number of carbonyl (C=O) groups excluding carboxylic acids is 1. The van der Waals surface area contributed by atoms with E-state index in [2.05, 4.69) is 47.1 Å². The Balaban J connectivity index is 1.34. The largest absolute Gasteiger partial charge is 0.353 e. The molecule has 5 heteroatoms. The monoisotopic (exact) mass is 346 g/mol. The zero-order valence-electron chi connectivity index (χ0n) is 14.9. The average Bonchev–Trinajstić information content (AvgIpc) is 3.48. The molecule has 1 amide bonds. The number of aryl methyl sites for hydroxylation is 1. The van der Waals surface area contributed by atoms with Crippen LogP contribution in [0.15, 0.2) is 42.6 Å². The SMILES string of the molecule is Cc1ccccc1[C@@H]1C[C@@H]1C(=O)N1CCN(c2ccc(C#N)cn2)CC1. The zero-order chi connectivity index (χ0) is 18.1. The Morgan fingerprint density at radius 1 is 1.15 bits per heavy atom. The van der Waals surface area contributed by atoms with Gasteiger partial charge in [-0.1, -0.05) is 24.3 Å². The summed E-state index contributed by atoms with van der Waals surface area (Å²) < 4.78 is 0. The van der Waals surface area contributed by atoms with E-state index in [-0.39, 0.29) is 5.92 Å². The highest BCUT2D eigenvalue weighted by Gasteiger charge is 2.46. The maximum absolute atomic E-state index is 12.8. The highest BCUT2D eigenvalue weighted by Crippen LogP contribution is 2.49. The lowest BCUT2D eigenvalue weighted by molar-refractivity contribution is -0.133. The minimum atomic E-state index is 0.149. The molecule has 0 radical (unpaired) electrons. The Kier molecular flexibility index (Phi) is 4.34. The topological polar surface area (TPSA) is 60.2 Å². The number of nitrogens with zero attached hydrogens (tertiary/aromatic N) is 4. The van der Waals surface area contributed by atoms with Crippen LogP contribution in [0.25, 0.3) is 0 Å². The first-order valence-corrected chi connectivity index (χ1v) is 9.13. The lowest BCUT2D eigenvalue weighted by Gasteiger charge is -2.35. The molecule has 1 aromatic heterocycles. The summed E-state index contributed by atoms with van der Waals surface area (Å²) in [6, 6.07) is 14.1. The number of anilines is 1. The van der Waals surface area contributed by atoms with E-state index in [4.69, 9.17) is 5.26 Å². The summed E-state index contributed by atoms with van der Waals surface area (Å²) >= 11 is 0. The first kappa shape index (κ1) is 16.6. The van der Waals surface area contributed by atoms with Gasteiger partial charge in [0.15, 0.2) is 0 Å². The molecular formula is C21H22N4O. The number of carbonyl (C=O) groups is 1. The molecule has 4 rings (SSSR count). The minimum absolute atomic E-state index is 0.149. The number of nitriles is 1. The molecule has 2 fully saturated rings. The maximum atomic E-state index is 12.8. The molecule has 0 bridgehead atoms. The molecule has 2 aliphatic rings. The Hall–Kier alpha value is -2.87. The molecule has 0 spiro atoms. The number of amides is 1. The number of rotatable bonds is 3. The summed E-state index contributed by atoms with van der Waals surface area (Å²) in [7, 11) is 0. The maximum Gasteiger partial charge on any atom is 0.226 e. The fraction of sp³-hybridized carbons (Fsp3) is 0.381. The number of pyridine rings is 1. The molecule has 0 unspecified atom stereocenters. The van der Waals surface area contributed by atoms with Crippen LogP contribution in [0, 0.1) is 24.2 Å². The zero-order valence-corrected chi connectivity index (χ0v) is 14.9. The molecule has 2 heterocycles. The van der Waals surface area contributed by atoms with Crippen LogP contribution in [-0.4, -0.2) is 42.0 Å².